The monoisotopic (exact) mass is 154 g/mol. The maximum absolute atomic E-state index is 9.01. The van der Waals surface area contributed by atoms with Gasteiger partial charge in [0.15, 0.2) is 0 Å². The number of hydrogen-bond donors (Lipinski definition) is 2. The van der Waals surface area contributed by atoms with Gasteiger partial charge in [0.25, 0.3) is 0 Å². The van der Waals surface area contributed by atoms with Crippen LogP contribution in [-0.4, -0.2) is 23.3 Å². The third-order valence-corrected chi connectivity index (χ3v) is 2.33. The first-order valence-electron chi connectivity index (χ1n) is 4.01. The standard InChI is InChI=1S/C8H14N2O/c1-7(5-9)10-8(6-11)3-2-4-8/h7,10-11H,2-4,6H2,1H3. The van der Waals surface area contributed by atoms with Crippen molar-refractivity contribution in [2.75, 3.05) is 6.61 Å². The zero-order valence-corrected chi connectivity index (χ0v) is 6.80. The van der Waals surface area contributed by atoms with Gasteiger partial charge in [-0.25, -0.2) is 0 Å². The van der Waals surface area contributed by atoms with Gasteiger partial charge in [-0.05, 0) is 26.2 Å². The summed E-state index contributed by atoms with van der Waals surface area (Å²) in [6.45, 7) is 1.97. The summed E-state index contributed by atoms with van der Waals surface area (Å²) in [7, 11) is 0. The molecule has 62 valence electrons. The molecule has 0 saturated heterocycles. The highest BCUT2D eigenvalue weighted by molar-refractivity contribution is 5.01. The van der Waals surface area contributed by atoms with Gasteiger partial charge in [0.1, 0.15) is 0 Å². The molecule has 0 radical (unpaired) electrons. The molecule has 2 N–H and O–H groups in total. The topological polar surface area (TPSA) is 56.0 Å². The number of nitrogens with one attached hydrogen (secondary N) is 1. The van der Waals surface area contributed by atoms with Gasteiger partial charge in [-0.2, -0.15) is 5.26 Å². The van der Waals surface area contributed by atoms with E-state index in [1.807, 2.05) is 6.92 Å². The maximum Gasteiger partial charge on any atom is 0.0929 e. The van der Waals surface area contributed by atoms with Crippen LogP contribution in [0.25, 0.3) is 0 Å². The van der Waals surface area contributed by atoms with Gasteiger partial charge in [0, 0.05) is 5.54 Å². The molecule has 3 heteroatoms. The van der Waals surface area contributed by atoms with Gasteiger partial charge in [-0.1, -0.05) is 0 Å². The molecule has 0 aromatic carbocycles. The maximum atomic E-state index is 9.01. The van der Waals surface area contributed by atoms with Crippen LogP contribution in [0, 0.1) is 11.3 Å². The van der Waals surface area contributed by atoms with Crippen LogP contribution in [0.1, 0.15) is 26.2 Å². The lowest BCUT2D eigenvalue weighted by atomic mass is 9.77. The van der Waals surface area contributed by atoms with Crippen LogP contribution in [0.5, 0.6) is 0 Å². The molecule has 0 bridgehead atoms. The Hall–Kier alpha value is -0.590. The molecule has 0 aromatic heterocycles. The van der Waals surface area contributed by atoms with Gasteiger partial charge in [0.05, 0.1) is 18.7 Å². The number of hydrogen-bond acceptors (Lipinski definition) is 3. The Morgan fingerprint density at radius 2 is 2.36 bits per heavy atom. The molecule has 0 spiro atoms. The SMILES string of the molecule is CC(C#N)NC1(CO)CCC1. The van der Waals surface area contributed by atoms with Gasteiger partial charge < -0.3 is 5.11 Å². The van der Waals surface area contributed by atoms with Crippen molar-refractivity contribution in [2.24, 2.45) is 0 Å². The summed E-state index contributed by atoms with van der Waals surface area (Å²) in [6, 6.07) is 1.95. The van der Waals surface area contributed by atoms with Gasteiger partial charge in [-0.15, -0.1) is 0 Å². The van der Waals surface area contributed by atoms with E-state index in [0.717, 1.165) is 19.3 Å². The number of aliphatic hydroxyl groups excluding tert-OH is 1. The molecule has 1 unspecified atom stereocenters. The first-order chi connectivity index (χ1) is 5.22. The lowest BCUT2D eigenvalue weighted by Gasteiger charge is -2.42. The van der Waals surface area contributed by atoms with Crippen LogP contribution in [-0.2, 0) is 0 Å². The fraction of sp³-hybridized carbons (Fsp3) is 0.875. The quantitative estimate of drug-likeness (QED) is 0.618. The Balaban J connectivity index is 2.39. The minimum atomic E-state index is -0.151. The minimum Gasteiger partial charge on any atom is -0.394 e. The number of nitriles is 1. The van der Waals surface area contributed by atoms with E-state index >= 15 is 0 Å². The second-order valence-electron chi connectivity index (χ2n) is 3.29. The first-order valence-corrected chi connectivity index (χ1v) is 4.01. The fourth-order valence-electron chi connectivity index (χ4n) is 1.44. The van der Waals surface area contributed by atoms with E-state index in [1.165, 1.54) is 0 Å². The van der Waals surface area contributed by atoms with Crippen molar-refractivity contribution in [3.05, 3.63) is 0 Å². The lowest BCUT2D eigenvalue weighted by molar-refractivity contribution is 0.0846. The van der Waals surface area contributed by atoms with Crippen molar-refractivity contribution < 1.29 is 5.11 Å². The van der Waals surface area contributed by atoms with Crippen LogP contribution in [0.15, 0.2) is 0 Å². The number of nitrogens with zero attached hydrogens (tertiary/aromatic N) is 1. The van der Waals surface area contributed by atoms with Crippen molar-refractivity contribution in [3.8, 4) is 6.07 Å². The third-order valence-electron chi connectivity index (χ3n) is 2.33. The van der Waals surface area contributed by atoms with Gasteiger partial charge in [0.2, 0.25) is 0 Å². The molecule has 1 atom stereocenters. The summed E-state index contributed by atoms with van der Waals surface area (Å²) < 4.78 is 0. The molecular formula is C8H14N2O. The van der Waals surface area contributed by atoms with E-state index in [0.29, 0.717) is 0 Å². The zero-order chi connectivity index (χ0) is 8.32. The van der Waals surface area contributed by atoms with Crippen molar-refractivity contribution in [1.29, 1.82) is 5.26 Å². The van der Waals surface area contributed by atoms with Crippen molar-refractivity contribution >= 4 is 0 Å². The summed E-state index contributed by atoms with van der Waals surface area (Å²) in [5, 5.41) is 20.6. The largest absolute Gasteiger partial charge is 0.394 e. The first kappa shape index (κ1) is 8.51. The molecular weight excluding hydrogens is 140 g/mol. The molecule has 1 saturated carbocycles. The highest BCUT2D eigenvalue weighted by Gasteiger charge is 2.36. The summed E-state index contributed by atoms with van der Waals surface area (Å²) in [5.41, 5.74) is -0.130. The smallest absolute Gasteiger partial charge is 0.0929 e. The molecule has 1 aliphatic carbocycles. The van der Waals surface area contributed by atoms with E-state index in [1.54, 1.807) is 0 Å². The Morgan fingerprint density at radius 1 is 1.73 bits per heavy atom. The molecule has 0 amide bonds. The zero-order valence-electron chi connectivity index (χ0n) is 6.80. The average Bonchev–Trinajstić information content (AvgIpc) is 1.96. The average molecular weight is 154 g/mol. The fourth-order valence-corrected chi connectivity index (χ4v) is 1.44. The summed E-state index contributed by atoms with van der Waals surface area (Å²) in [5.74, 6) is 0. The van der Waals surface area contributed by atoms with Crippen molar-refractivity contribution in [1.82, 2.24) is 5.32 Å². The second-order valence-corrected chi connectivity index (χ2v) is 3.29. The van der Waals surface area contributed by atoms with Crippen LogP contribution >= 0.6 is 0 Å². The molecule has 1 fully saturated rings. The molecule has 3 nitrogen and oxygen atoms in total. The Morgan fingerprint density at radius 3 is 2.64 bits per heavy atom. The normalized spacial score (nSPS) is 23.4. The minimum absolute atomic E-state index is 0.130. The van der Waals surface area contributed by atoms with Crippen LogP contribution in [0.4, 0.5) is 0 Å². The van der Waals surface area contributed by atoms with E-state index in [2.05, 4.69) is 11.4 Å². The predicted octanol–water partition coefficient (Wildman–Crippen LogP) is 0.403. The van der Waals surface area contributed by atoms with E-state index in [-0.39, 0.29) is 18.2 Å². The molecule has 11 heavy (non-hydrogen) atoms. The molecule has 0 aromatic rings. The molecule has 0 aliphatic heterocycles. The van der Waals surface area contributed by atoms with Crippen LogP contribution < -0.4 is 5.32 Å². The predicted molar refractivity (Wildman–Crippen MR) is 41.9 cm³/mol. The van der Waals surface area contributed by atoms with Crippen molar-refractivity contribution in [2.45, 2.75) is 37.8 Å². The second kappa shape index (κ2) is 3.21. The third kappa shape index (κ3) is 1.70. The highest BCUT2D eigenvalue weighted by atomic mass is 16.3. The number of rotatable bonds is 3. The Bertz CT molecular complexity index is 164. The Kier molecular flexibility index (Phi) is 2.48. The lowest BCUT2D eigenvalue weighted by Crippen LogP contribution is -2.56. The molecule has 0 heterocycles. The van der Waals surface area contributed by atoms with Crippen LogP contribution in [0.2, 0.25) is 0 Å². The van der Waals surface area contributed by atoms with E-state index < -0.39 is 0 Å². The van der Waals surface area contributed by atoms with E-state index in [9.17, 15) is 0 Å². The van der Waals surface area contributed by atoms with E-state index in [4.69, 9.17) is 10.4 Å². The van der Waals surface area contributed by atoms with Gasteiger partial charge in [-0.3, -0.25) is 5.32 Å². The van der Waals surface area contributed by atoms with Crippen molar-refractivity contribution in [3.63, 3.8) is 0 Å². The Labute approximate surface area is 67.0 Å². The summed E-state index contributed by atoms with van der Waals surface area (Å²) in [4.78, 5) is 0. The summed E-state index contributed by atoms with van der Waals surface area (Å²) >= 11 is 0. The van der Waals surface area contributed by atoms with Crippen LogP contribution in [0.3, 0.4) is 0 Å². The highest BCUT2D eigenvalue weighted by Crippen LogP contribution is 2.31. The molecule has 1 rings (SSSR count). The summed E-state index contributed by atoms with van der Waals surface area (Å²) in [6.07, 6.45) is 3.15. The van der Waals surface area contributed by atoms with Gasteiger partial charge >= 0.3 is 0 Å². The number of aliphatic hydroxyl groups is 1. The molecule has 1 aliphatic rings.